The van der Waals surface area contributed by atoms with Crippen LogP contribution in [0, 0.1) is 5.92 Å². The maximum Gasteiger partial charge on any atom is 0.210 e. The van der Waals surface area contributed by atoms with E-state index in [0.717, 1.165) is 40.7 Å². The van der Waals surface area contributed by atoms with Gasteiger partial charge in [-0.15, -0.1) is 5.10 Å². The maximum absolute atomic E-state index is 10.8. The summed E-state index contributed by atoms with van der Waals surface area (Å²) < 4.78 is 1.84. The van der Waals surface area contributed by atoms with Crippen molar-refractivity contribution in [2.75, 3.05) is 13.2 Å². The molecule has 0 saturated heterocycles. The zero-order valence-corrected chi connectivity index (χ0v) is 17.9. The van der Waals surface area contributed by atoms with Gasteiger partial charge in [0.15, 0.2) is 0 Å². The van der Waals surface area contributed by atoms with Crippen LogP contribution in [0.5, 0.6) is 0 Å². The van der Waals surface area contributed by atoms with Crippen LogP contribution in [0.15, 0.2) is 60.7 Å². The Morgan fingerprint density at radius 1 is 1.18 bits per heavy atom. The number of hydrogen-bond acceptors (Lipinski definition) is 4. The molecule has 1 heterocycles. The molecule has 0 radical (unpaired) electrons. The highest BCUT2D eigenvalue weighted by atomic mass is 31.2. The predicted octanol–water partition coefficient (Wildman–Crippen LogP) is 4.97. The van der Waals surface area contributed by atoms with E-state index in [1.807, 2.05) is 47.7 Å². The molecule has 0 aliphatic rings. The maximum atomic E-state index is 10.8. The van der Waals surface area contributed by atoms with Crippen molar-refractivity contribution in [3.63, 3.8) is 0 Å². The van der Waals surface area contributed by atoms with Crippen LogP contribution >= 0.6 is 7.64 Å². The molecule has 0 amide bonds. The third-order valence-corrected chi connectivity index (χ3v) is 6.59. The number of hydrogen-bond donors (Lipinski definition) is 2. The fourth-order valence-electron chi connectivity index (χ4n) is 3.08. The number of rotatable bonds is 9. The summed E-state index contributed by atoms with van der Waals surface area (Å²) in [5.41, 5.74) is 5.08. The molecule has 0 aliphatic carbocycles. The largest absolute Gasteiger partial charge is 0.233 e. The second-order valence-electron chi connectivity index (χ2n) is 7.97. The van der Waals surface area contributed by atoms with Crippen molar-refractivity contribution >= 4 is 18.7 Å². The third-order valence-electron chi connectivity index (χ3n) is 4.77. The first-order valence-corrected chi connectivity index (χ1v) is 12.1. The number of nitrogens with one attached hydrogen (secondary N) is 1. The topological polar surface area (TPSA) is 63.0 Å². The van der Waals surface area contributed by atoms with E-state index in [2.05, 4.69) is 48.0 Å². The lowest BCUT2D eigenvalue weighted by Crippen LogP contribution is -2.19. The Kier molecular flexibility index (Phi) is 6.61. The molecule has 2 aromatic carbocycles. The van der Waals surface area contributed by atoms with Crippen LogP contribution in [-0.2, 0) is 6.16 Å². The molecule has 0 bridgehead atoms. The van der Waals surface area contributed by atoms with Crippen molar-refractivity contribution in [1.82, 2.24) is 20.1 Å². The molecule has 148 valence electrons. The van der Waals surface area contributed by atoms with Crippen molar-refractivity contribution in [2.24, 2.45) is 5.92 Å². The minimum absolute atomic E-state index is 0.628. The fourth-order valence-corrected chi connectivity index (χ4v) is 4.67. The number of benzene rings is 2. The molecular weight excluding hydrogens is 367 g/mol. The van der Waals surface area contributed by atoms with Crippen molar-refractivity contribution in [3.8, 4) is 5.69 Å². The molecule has 6 heteroatoms. The van der Waals surface area contributed by atoms with Gasteiger partial charge in [-0.3, -0.25) is 0 Å². The molecule has 0 aliphatic heterocycles. The molecule has 0 fully saturated rings. The average Bonchev–Trinajstić information content (AvgIpc) is 3.09. The van der Waals surface area contributed by atoms with Crippen molar-refractivity contribution in [3.05, 3.63) is 66.2 Å². The third kappa shape index (κ3) is 5.48. The highest BCUT2D eigenvalue weighted by molar-refractivity contribution is 7.66. The number of nitrogens with zero attached hydrogens (tertiary/aromatic N) is 3. The molecule has 28 heavy (non-hydrogen) atoms. The van der Waals surface area contributed by atoms with Crippen LogP contribution in [0.2, 0.25) is 0 Å². The van der Waals surface area contributed by atoms with Crippen LogP contribution in [0.3, 0.4) is 0 Å². The summed E-state index contributed by atoms with van der Waals surface area (Å²) >= 11 is 0. The van der Waals surface area contributed by atoms with Gasteiger partial charge in [-0.2, -0.15) is 5.09 Å². The van der Waals surface area contributed by atoms with Crippen molar-refractivity contribution in [1.29, 1.82) is 0 Å². The molecule has 5 nitrogen and oxygen atoms in total. The van der Waals surface area contributed by atoms with Gasteiger partial charge in [-0.25, -0.2) is 9.58 Å². The number of para-hydroxylation sites is 1. The van der Waals surface area contributed by atoms with Crippen LogP contribution in [0.1, 0.15) is 32.3 Å². The smallest absolute Gasteiger partial charge is 0.210 e. The van der Waals surface area contributed by atoms with Crippen molar-refractivity contribution in [2.45, 2.75) is 32.9 Å². The minimum atomic E-state index is -2.23. The lowest BCUT2D eigenvalue weighted by Gasteiger charge is -2.17. The van der Waals surface area contributed by atoms with Crippen LogP contribution in [0.4, 0.5) is 0 Å². The monoisotopic (exact) mass is 397 g/mol. The minimum Gasteiger partial charge on any atom is -0.233 e. The van der Waals surface area contributed by atoms with Gasteiger partial charge in [0, 0.05) is 0 Å². The Morgan fingerprint density at radius 2 is 1.89 bits per heavy atom. The second-order valence-corrected chi connectivity index (χ2v) is 10.9. The van der Waals surface area contributed by atoms with Gasteiger partial charge in [0.25, 0.3) is 0 Å². The van der Waals surface area contributed by atoms with Gasteiger partial charge in [0.2, 0.25) is 7.64 Å². The average molecular weight is 397 g/mol. The second kappa shape index (κ2) is 8.95. The van der Waals surface area contributed by atoms with Crippen LogP contribution < -0.4 is 5.09 Å². The molecule has 1 atom stereocenters. The van der Waals surface area contributed by atoms with Gasteiger partial charge >= 0.3 is 0 Å². The Bertz CT molecular complexity index is 931. The van der Waals surface area contributed by atoms with E-state index in [4.69, 9.17) is 0 Å². The SMILES string of the molecule is C=C(CCC(C)C)CN[P+](C)(O)Cc1ccc(-n2nnc3ccccc32)cc1. The first kappa shape index (κ1) is 20.7. The molecule has 0 spiro atoms. The van der Waals surface area contributed by atoms with Gasteiger partial charge < -0.3 is 0 Å². The lowest BCUT2D eigenvalue weighted by atomic mass is 10.0. The van der Waals surface area contributed by atoms with E-state index in [1.165, 1.54) is 0 Å². The molecule has 1 unspecified atom stereocenters. The Labute approximate surface area is 167 Å². The summed E-state index contributed by atoms with van der Waals surface area (Å²) in [4.78, 5) is 10.8. The zero-order chi connectivity index (χ0) is 20.1. The summed E-state index contributed by atoms with van der Waals surface area (Å²) in [6.45, 7) is 11.2. The van der Waals surface area contributed by atoms with Crippen LogP contribution in [-0.4, -0.2) is 33.1 Å². The molecule has 3 aromatic rings. The molecule has 0 saturated carbocycles. The molecular formula is C22H30N4OP+. The summed E-state index contributed by atoms with van der Waals surface area (Å²) in [6, 6.07) is 16.1. The van der Waals surface area contributed by atoms with E-state index in [9.17, 15) is 4.89 Å². The van der Waals surface area contributed by atoms with Gasteiger partial charge in [-0.1, -0.05) is 55.5 Å². The van der Waals surface area contributed by atoms with E-state index in [1.54, 1.807) is 0 Å². The van der Waals surface area contributed by atoms with E-state index in [0.29, 0.717) is 18.6 Å². The molecule has 3 rings (SSSR count). The van der Waals surface area contributed by atoms with E-state index >= 15 is 0 Å². The van der Waals surface area contributed by atoms with Crippen molar-refractivity contribution < 1.29 is 4.89 Å². The standard InChI is InChI=1S/C22H30N4OP/c1-17(2)9-10-18(3)15-23-28(4,27)16-19-11-13-20(14-12-19)26-22-8-6-5-7-21(22)24-25-26/h5-8,11-14,17,23,27H,3,9-10,15-16H2,1-2,4H3/q+1. The Balaban J connectivity index is 1.61. The lowest BCUT2D eigenvalue weighted by molar-refractivity contribution is 0.570. The first-order chi connectivity index (χ1) is 13.3. The van der Waals surface area contributed by atoms with Gasteiger partial charge in [-0.05, 0) is 48.6 Å². The molecule has 2 N–H and O–H groups in total. The van der Waals surface area contributed by atoms with E-state index in [-0.39, 0.29) is 0 Å². The van der Waals surface area contributed by atoms with Gasteiger partial charge in [0.05, 0.1) is 24.4 Å². The molecule has 1 aromatic heterocycles. The van der Waals surface area contributed by atoms with Gasteiger partial charge in [0.1, 0.15) is 11.7 Å². The number of fused-ring (bicyclic) bond motifs is 1. The van der Waals surface area contributed by atoms with Crippen LogP contribution in [0.25, 0.3) is 16.7 Å². The highest BCUT2D eigenvalue weighted by Gasteiger charge is 2.29. The zero-order valence-electron chi connectivity index (χ0n) is 17.0. The summed E-state index contributed by atoms with van der Waals surface area (Å²) in [7, 11) is -2.23. The normalized spacial score (nSPS) is 13.8. The Morgan fingerprint density at radius 3 is 2.61 bits per heavy atom. The Hall–Kier alpha value is -2.07. The number of aromatic nitrogens is 3. The fraction of sp³-hybridized carbons (Fsp3) is 0.364. The summed E-state index contributed by atoms with van der Waals surface area (Å²) in [5.74, 6) is 0.674. The van der Waals surface area contributed by atoms with E-state index < -0.39 is 7.64 Å². The first-order valence-electron chi connectivity index (χ1n) is 9.74. The summed E-state index contributed by atoms with van der Waals surface area (Å²) in [6.07, 6.45) is 2.77. The predicted molar refractivity (Wildman–Crippen MR) is 119 cm³/mol. The summed E-state index contributed by atoms with van der Waals surface area (Å²) in [5, 5.41) is 11.8. The quantitative estimate of drug-likeness (QED) is 0.395. The highest BCUT2D eigenvalue weighted by Crippen LogP contribution is 2.49.